The predicted molar refractivity (Wildman–Crippen MR) is 84.1 cm³/mol. The molecule has 0 radical (unpaired) electrons. The highest BCUT2D eigenvalue weighted by Crippen LogP contribution is 2.27. The molecule has 0 saturated heterocycles. The molecule has 0 N–H and O–H groups in total. The van der Waals surface area contributed by atoms with Gasteiger partial charge in [-0.15, -0.1) is 0 Å². The topological polar surface area (TPSA) is 21.1 Å². The normalized spacial score (nSPS) is 13.4. The quantitative estimate of drug-likeness (QED) is 0.730. The lowest BCUT2D eigenvalue weighted by Gasteiger charge is -2.17. The number of hydrogen-bond acceptors (Lipinski definition) is 2. The predicted octanol–water partition coefficient (Wildman–Crippen LogP) is 3.45. The van der Waals surface area contributed by atoms with Crippen LogP contribution in [0.25, 0.3) is 0 Å². The first-order chi connectivity index (χ1) is 10.4. The van der Waals surface area contributed by atoms with Crippen LogP contribution in [-0.4, -0.2) is 9.78 Å². The Morgan fingerprint density at radius 3 is 2.29 bits per heavy atom. The van der Waals surface area contributed by atoms with Crippen LogP contribution in [-0.2, 0) is 19.6 Å². The first-order valence-electron chi connectivity index (χ1n) is 7.27. The highest BCUT2D eigenvalue weighted by atomic mass is 15.3. The van der Waals surface area contributed by atoms with E-state index in [1.54, 1.807) is 0 Å². The van der Waals surface area contributed by atoms with E-state index in [4.69, 9.17) is 5.10 Å². The molecular weight excluding hydrogens is 258 g/mol. The number of nitrogens with zero attached hydrogens (tertiary/aromatic N) is 3. The maximum Gasteiger partial charge on any atom is 0.0867 e. The second kappa shape index (κ2) is 5.09. The molecule has 4 rings (SSSR count). The van der Waals surface area contributed by atoms with Crippen molar-refractivity contribution in [2.45, 2.75) is 19.6 Å². The van der Waals surface area contributed by atoms with Crippen LogP contribution < -0.4 is 4.90 Å². The Labute approximate surface area is 124 Å². The van der Waals surface area contributed by atoms with Crippen LogP contribution >= 0.6 is 0 Å². The number of anilines is 1. The highest BCUT2D eigenvalue weighted by molar-refractivity contribution is 5.50. The Morgan fingerprint density at radius 2 is 1.57 bits per heavy atom. The number of rotatable bonds is 3. The van der Waals surface area contributed by atoms with Crippen molar-refractivity contribution in [3.63, 3.8) is 0 Å². The van der Waals surface area contributed by atoms with Crippen molar-refractivity contribution in [1.29, 1.82) is 0 Å². The Hall–Kier alpha value is -2.55. The van der Waals surface area contributed by atoms with Gasteiger partial charge in [-0.1, -0.05) is 48.5 Å². The van der Waals surface area contributed by atoms with E-state index in [9.17, 15) is 0 Å². The molecule has 0 aliphatic carbocycles. The largest absolute Gasteiger partial charge is 0.361 e. The van der Waals surface area contributed by atoms with Crippen LogP contribution in [0.2, 0.25) is 0 Å². The Kier molecular flexibility index (Phi) is 2.96. The molecule has 1 aromatic heterocycles. The van der Waals surface area contributed by atoms with Crippen molar-refractivity contribution in [1.82, 2.24) is 9.78 Å². The van der Waals surface area contributed by atoms with Gasteiger partial charge in [0.25, 0.3) is 0 Å². The van der Waals surface area contributed by atoms with Gasteiger partial charge in [-0.3, -0.25) is 4.68 Å². The number of aromatic nitrogens is 2. The molecule has 21 heavy (non-hydrogen) atoms. The number of fused-ring (bicyclic) bond motifs is 1. The van der Waals surface area contributed by atoms with E-state index in [0.29, 0.717) is 0 Å². The lowest BCUT2D eigenvalue weighted by molar-refractivity contribution is 0.662. The second-order valence-corrected chi connectivity index (χ2v) is 5.48. The molecule has 104 valence electrons. The molecule has 2 aromatic carbocycles. The van der Waals surface area contributed by atoms with Crippen molar-refractivity contribution in [2.24, 2.45) is 0 Å². The van der Waals surface area contributed by atoms with Crippen LogP contribution in [0.4, 0.5) is 5.69 Å². The molecular formula is C18H17N3. The molecule has 0 unspecified atom stereocenters. The lowest BCUT2D eigenvalue weighted by Crippen LogP contribution is -2.15. The molecule has 3 aromatic rings. The molecule has 0 atom stereocenters. The van der Waals surface area contributed by atoms with Crippen molar-refractivity contribution in [3.05, 3.63) is 83.7 Å². The summed E-state index contributed by atoms with van der Waals surface area (Å²) < 4.78 is 2.06. The fourth-order valence-electron chi connectivity index (χ4n) is 2.88. The first kappa shape index (κ1) is 12.2. The Bertz CT molecular complexity index is 708. The van der Waals surface area contributed by atoms with E-state index in [1.165, 1.54) is 22.5 Å². The van der Waals surface area contributed by atoms with Gasteiger partial charge < -0.3 is 4.90 Å². The summed E-state index contributed by atoms with van der Waals surface area (Å²) in [5.41, 5.74) is 5.10. The molecule has 0 saturated carbocycles. The van der Waals surface area contributed by atoms with Crippen molar-refractivity contribution < 1.29 is 0 Å². The van der Waals surface area contributed by atoms with Gasteiger partial charge in [0.1, 0.15) is 0 Å². The average molecular weight is 275 g/mol. The third kappa shape index (κ3) is 2.42. The third-order valence-electron chi connectivity index (χ3n) is 3.94. The van der Waals surface area contributed by atoms with Crippen LogP contribution in [0.15, 0.2) is 66.9 Å². The van der Waals surface area contributed by atoms with Gasteiger partial charge in [0.15, 0.2) is 0 Å². The molecule has 0 spiro atoms. The maximum atomic E-state index is 4.74. The van der Waals surface area contributed by atoms with E-state index >= 15 is 0 Å². The molecule has 1 aliphatic heterocycles. The van der Waals surface area contributed by atoms with Gasteiger partial charge in [0, 0.05) is 24.0 Å². The molecule has 3 nitrogen and oxygen atoms in total. The summed E-state index contributed by atoms with van der Waals surface area (Å²) >= 11 is 0. The van der Waals surface area contributed by atoms with Crippen LogP contribution in [0.1, 0.15) is 16.8 Å². The highest BCUT2D eigenvalue weighted by Gasteiger charge is 2.22. The van der Waals surface area contributed by atoms with Gasteiger partial charge in [-0.25, -0.2) is 0 Å². The summed E-state index contributed by atoms with van der Waals surface area (Å²) in [5.74, 6) is 0. The fourth-order valence-corrected chi connectivity index (χ4v) is 2.88. The van der Waals surface area contributed by atoms with E-state index in [0.717, 1.165) is 19.6 Å². The van der Waals surface area contributed by atoms with Crippen LogP contribution in [0.3, 0.4) is 0 Å². The minimum absolute atomic E-state index is 0.846. The van der Waals surface area contributed by atoms with Crippen LogP contribution in [0, 0.1) is 0 Å². The molecule has 1 aliphatic rings. The summed E-state index contributed by atoms with van der Waals surface area (Å²) in [4.78, 5) is 2.37. The second-order valence-electron chi connectivity index (χ2n) is 5.48. The SMILES string of the molecule is c1ccc(Cn2cc3c(n2)CN(c2ccccc2)C3)cc1. The fraction of sp³-hybridized carbons (Fsp3) is 0.167. The molecule has 0 fully saturated rings. The number of hydrogen-bond donors (Lipinski definition) is 0. The van der Waals surface area contributed by atoms with Gasteiger partial charge in [-0.2, -0.15) is 5.10 Å². The third-order valence-corrected chi connectivity index (χ3v) is 3.94. The van der Waals surface area contributed by atoms with E-state index in [2.05, 4.69) is 70.4 Å². The van der Waals surface area contributed by atoms with Gasteiger partial charge in [-0.05, 0) is 17.7 Å². The summed E-state index contributed by atoms with van der Waals surface area (Å²) in [6.07, 6.45) is 2.19. The van der Waals surface area contributed by atoms with E-state index in [1.807, 2.05) is 6.07 Å². The standard InChI is InChI=1S/C18H17N3/c1-3-7-15(8-4-1)11-21-13-16-12-20(14-18(16)19-21)17-9-5-2-6-10-17/h1-10,13H,11-12,14H2. The molecule has 0 amide bonds. The number of benzene rings is 2. The minimum Gasteiger partial charge on any atom is -0.361 e. The monoisotopic (exact) mass is 275 g/mol. The van der Waals surface area contributed by atoms with Crippen LogP contribution in [0.5, 0.6) is 0 Å². The van der Waals surface area contributed by atoms with Crippen molar-refractivity contribution >= 4 is 5.69 Å². The van der Waals surface area contributed by atoms with Gasteiger partial charge in [0.05, 0.1) is 18.8 Å². The molecule has 3 heteroatoms. The minimum atomic E-state index is 0.846. The van der Waals surface area contributed by atoms with Gasteiger partial charge >= 0.3 is 0 Å². The van der Waals surface area contributed by atoms with E-state index in [-0.39, 0.29) is 0 Å². The van der Waals surface area contributed by atoms with Gasteiger partial charge in [0.2, 0.25) is 0 Å². The maximum absolute atomic E-state index is 4.74. The smallest absolute Gasteiger partial charge is 0.0867 e. The molecule has 0 bridgehead atoms. The average Bonchev–Trinajstić information content (AvgIpc) is 3.07. The lowest BCUT2D eigenvalue weighted by atomic mass is 10.2. The summed E-state index contributed by atoms with van der Waals surface area (Å²) in [6.45, 7) is 2.70. The summed E-state index contributed by atoms with van der Waals surface area (Å²) in [5, 5.41) is 4.74. The van der Waals surface area contributed by atoms with E-state index < -0.39 is 0 Å². The van der Waals surface area contributed by atoms with Crippen molar-refractivity contribution in [2.75, 3.05) is 4.90 Å². The summed E-state index contributed by atoms with van der Waals surface area (Å²) in [6, 6.07) is 21.0. The zero-order chi connectivity index (χ0) is 14.1. The first-order valence-corrected chi connectivity index (χ1v) is 7.27. The zero-order valence-electron chi connectivity index (χ0n) is 11.8. The zero-order valence-corrected chi connectivity index (χ0v) is 11.8. The molecule has 2 heterocycles. The Morgan fingerprint density at radius 1 is 0.857 bits per heavy atom. The Balaban J connectivity index is 1.51. The number of para-hydroxylation sites is 1. The van der Waals surface area contributed by atoms with Crippen molar-refractivity contribution in [3.8, 4) is 0 Å². The summed E-state index contributed by atoms with van der Waals surface area (Å²) in [7, 11) is 0.